The maximum Gasteiger partial charge on any atom is 0.244 e. The van der Waals surface area contributed by atoms with Gasteiger partial charge in [0.25, 0.3) is 0 Å². The van der Waals surface area contributed by atoms with Crippen LogP contribution >= 0.6 is 0 Å². The Bertz CT molecular complexity index is 945. The number of halogens is 1. The summed E-state index contributed by atoms with van der Waals surface area (Å²) in [5, 5.41) is 2.85. The molecule has 0 saturated carbocycles. The molecule has 0 spiro atoms. The second-order valence-electron chi connectivity index (χ2n) is 5.83. The summed E-state index contributed by atoms with van der Waals surface area (Å²) in [6.07, 6.45) is 7.33. The third-order valence-corrected chi connectivity index (χ3v) is 3.81. The molecule has 0 aliphatic rings. The first-order chi connectivity index (χ1) is 13.1. The number of nitrogens with zero attached hydrogens (tertiary/aromatic N) is 2. The molecule has 1 N–H and O–H groups in total. The van der Waals surface area contributed by atoms with E-state index in [4.69, 9.17) is 4.74 Å². The fourth-order valence-corrected chi connectivity index (χ4v) is 2.44. The Hall–Kier alpha value is -3.54. The van der Waals surface area contributed by atoms with Crippen LogP contribution in [-0.2, 0) is 4.79 Å². The Kier molecular flexibility index (Phi) is 5.89. The van der Waals surface area contributed by atoms with Crippen LogP contribution in [0.25, 0.3) is 6.08 Å². The quantitative estimate of drug-likeness (QED) is 0.663. The van der Waals surface area contributed by atoms with Crippen molar-refractivity contribution in [1.29, 1.82) is 0 Å². The molecule has 0 bridgehead atoms. The number of nitrogens with one attached hydrogen (secondary N) is 1. The smallest absolute Gasteiger partial charge is 0.244 e. The van der Waals surface area contributed by atoms with Gasteiger partial charge in [-0.3, -0.25) is 4.79 Å². The van der Waals surface area contributed by atoms with Gasteiger partial charge in [0.15, 0.2) is 5.75 Å². The van der Waals surface area contributed by atoms with E-state index < -0.39 is 0 Å². The average Bonchev–Trinajstić information content (AvgIpc) is 2.68. The predicted octanol–water partition coefficient (Wildman–Crippen LogP) is 4.30. The van der Waals surface area contributed by atoms with E-state index in [0.29, 0.717) is 17.1 Å². The van der Waals surface area contributed by atoms with Gasteiger partial charge >= 0.3 is 0 Å². The second kappa shape index (κ2) is 8.71. The molecule has 6 heteroatoms. The van der Waals surface area contributed by atoms with E-state index in [1.165, 1.54) is 24.5 Å². The Morgan fingerprint density at radius 3 is 2.67 bits per heavy atom. The molecule has 3 aromatic rings. The van der Waals surface area contributed by atoms with E-state index in [2.05, 4.69) is 15.3 Å². The topological polar surface area (TPSA) is 64.1 Å². The number of benzene rings is 2. The zero-order valence-corrected chi connectivity index (χ0v) is 14.7. The molecule has 5 nitrogen and oxygen atoms in total. The number of rotatable bonds is 6. The maximum absolute atomic E-state index is 13.6. The van der Waals surface area contributed by atoms with Crippen LogP contribution in [0.4, 0.5) is 4.39 Å². The minimum Gasteiger partial charge on any atom is -0.454 e. The van der Waals surface area contributed by atoms with Gasteiger partial charge in [0.1, 0.15) is 17.9 Å². The first-order valence-corrected chi connectivity index (χ1v) is 8.38. The van der Waals surface area contributed by atoms with Gasteiger partial charge in [-0.2, -0.15) is 0 Å². The van der Waals surface area contributed by atoms with Crippen molar-refractivity contribution in [1.82, 2.24) is 15.3 Å². The number of hydrogen-bond acceptors (Lipinski definition) is 4. The Morgan fingerprint density at radius 1 is 1.11 bits per heavy atom. The van der Waals surface area contributed by atoms with Gasteiger partial charge in [0.2, 0.25) is 5.91 Å². The SMILES string of the molecule is C[C@H](NC(=O)/C=C/c1ccccc1F)c1cccc(Oc2cncnc2)c1. The number of aromatic nitrogens is 2. The number of carbonyl (C=O) groups is 1. The van der Waals surface area contributed by atoms with Gasteiger partial charge in [-0.15, -0.1) is 0 Å². The molecule has 0 aliphatic carbocycles. The van der Waals surface area contributed by atoms with E-state index in [-0.39, 0.29) is 17.8 Å². The highest BCUT2D eigenvalue weighted by Gasteiger charge is 2.09. The fraction of sp³-hybridized carbons (Fsp3) is 0.0952. The van der Waals surface area contributed by atoms with Crippen LogP contribution in [-0.4, -0.2) is 15.9 Å². The lowest BCUT2D eigenvalue weighted by atomic mass is 10.1. The molecule has 1 amide bonds. The van der Waals surface area contributed by atoms with Crippen molar-refractivity contribution in [2.24, 2.45) is 0 Å². The van der Waals surface area contributed by atoms with Crippen LogP contribution in [0.1, 0.15) is 24.1 Å². The lowest BCUT2D eigenvalue weighted by molar-refractivity contribution is -0.117. The molecule has 0 aliphatic heterocycles. The predicted molar refractivity (Wildman–Crippen MR) is 101 cm³/mol. The third-order valence-electron chi connectivity index (χ3n) is 3.81. The molecule has 3 rings (SSSR count). The Morgan fingerprint density at radius 2 is 1.89 bits per heavy atom. The summed E-state index contributed by atoms with van der Waals surface area (Å²) in [5.41, 5.74) is 1.23. The lowest BCUT2D eigenvalue weighted by Gasteiger charge is -2.14. The Balaban J connectivity index is 1.63. The molecule has 27 heavy (non-hydrogen) atoms. The highest BCUT2D eigenvalue weighted by molar-refractivity contribution is 5.92. The van der Waals surface area contributed by atoms with E-state index in [0.717, 1.165) is 5.56 Å². The van der Waals surface area contributed by atoms with Crippen molar-refractivity contribution in [2.75, 3.05) is 0 Å². The fourth-order valence-electron chi connectivity index (χ4n) is 2.44. The van der Waals surface area contributed by atoms with Crippen molar-refractivity contribution in [3.63, 3.8) is 0 Å². The van der Waals surface area contributed by atoms with Crippen LogP contribution in [0.5, 0.6) is 11.5 Å². The summed E-state index contributed by atoms with van der Waals surface area (Å²) < 4.78 is 19.3. The van der Waals surface area contributed by atoms with Gasteiger partial charge in [-0.05, 0) is 36.8 Å². The highest BCUT2D eigenvalue weighted by atomic mass is 19.1. The van der Waals surface area contributed by atoms with E-state index in [9.17, 15) is 9.18 Å². The minimum absolute atomic E-state index is 0.252. The molecule has 0 unspecified atom stereocenters. The molecule has 1 aromatic heterocycles. The molecule has 136 valence electrons. The monoisotopic (exact) mass is 363 g/mol. The molecule has 1 heterocycles. The number of carbonyl (C=O) groups excluding carboxylic acids is 1. The van der Waals surface area contributed by atoms with Gasteiger partial charge in [-0.1, -0.05) is 30.3 Å². The van der Waals surface area contributed by atoms with Gasteiger partial charge in [0.05, 0.1) is 18.4 Å². The van der Waals surface area contributed by atoms with Gasteiger partial charge in [0, 0.05) is 11.6 Å². The lowest BCUT2D eigenvalue weighted by Crippen LogP contribution is -2.24. The number of amides is 1. The summed E-state index contributed by atoms with van der Waals surface area (Å²) in [7, 11) is 0. The zero-order chi connectivity index (χ0) is 19.1. The van der Waals surface area contributed by atoms with E-state index in [1.54, 1.807) is 30.6 Å². The molecular formula is C21H18FN3O2. The minimum atomic E-state index is -0.371. The van der Waals surface area contributed by atoms with Crippen molar-refractivity contribution in [2.45, 2.75) is 13.0 Å². The van der Waals surface area contributed by atoms with E-state index >= 15 is 0 Å². The first kappa shape index (κ1) is 18.3. The Labute approximate surface area is 156 Å². The normalized spacial score (nSPS) is 11.9. The zero-order valence-electron chi connectivity index (χ0n) is 14.7. The van der Waals surface area contributed by atoms with Gasteiger partial charge in [-0.25, -0.2) is 14.4 Å². The molecule has 1 atom stereocenters. The summed E-state index contributed by atoms with van der Waals surface area (Å²) in [6.45, 7) is 1.86. The standard InChI is InChI=1S/C21H18FN3O2/c1-15(25-21(26)10-9-16-5-2-3-8-20(16)22)17-6-4-7-18(11-17)27-19-12-23-14-24-13-19/h2-15H,1H3,(H,25,26)/b10-9+/t15-/m0/s1. The van der Waals surface area contributed by atoms with Crippen LogP contribution in [0.2, 0.25) is 0 Å². The molecule has 0 fully saturated rings. The summed E-state index contributed by atoms with van der Waals surface area (Å²) in [4.78, 5) is 19.9. The van der Waals surface area contributed by atoms with Gasteiger partial charge < -0.3 is 10.1 Å². The van der Waals surface area contributed by atoms with E-state index in [1.807, 2.05) is 31.2 Å². The third kappa shape index (κ3) is 5.22. The van der Waals surface area contributed by atoms with Crippen molar-refractivity contribution >= 4 is 12.0 Å². The van der Waals surface area contributed by atoms with Crippen molar-refractivity contribution in [3.05, 3.63) is 90.3 Å². The van der Waals surface area contributed by atoms with Crippen molar-refractivity contribution < 1.29 is 13.9 Å². The summed E-state index contributed by atoms with van der Waals surface area (Å²) in [6, 6.07) is 13.4. The van der Waals surface area contributed by atoms with Crippen LogP contribution in [0.3, 0.4) is 0 Å². The summed E-state index contributed by atoms with van der Waals surface area (Å²) >= 11 is 0. The summed E-state index contributed by atoms with van der Waals surface area (Å²) in [5.74, 6) is 0.460. The van der Waals surface area contributed by atoms with Crippen LogP contribution in [0.15, 0.2) is 73.3 Å². The highest BCUT2D eigenvalue weighted by Crippen LogP contribution is 2.23. The average molecular weight is 363 g/mol. The molecular weight excluding hydrogens is 345 g/mol. The van der Waals surface area contributed by atoms with Crippen molar-refractivity contribution in [3.8, 4) is 11.5 Å². The molecule has 2 aromatic carbocycles. The largest absolute Gasteiger partial charge is 0.454 e. The molecule has 0 saturated heterocycles. The number of ether oxygens (including phenoxy) is 1. The second-order valence-corrected chi connectivity index (χ2v) is 5.83. The van der Waals surface area contributed by atoms with Crippen LogP contribution in [0, 0.1) is 5.82 Å². The first-order valence-electron chi connectivity index (χ1n) is 8.38. The number of hydrogen-bond donors (Lipinski definition) is 1. The van der Waals surface area contributed by atoms with Crippen LogP contribution < -0.4 is 10.1 Å². The molecule has 0 radical (unpaired) electrons. The maximum atomic E-state index is 13.6.